The topological polar surface area (TPSA) is 28.2 Å². The van der Waals surface area contributed by atoms with Crippen molar-refractivity contribution in [2.45, 2.75) is 25.4 Å². The van der Waals surface area contributed by atoms with Crippen molar-refractivity contribution in [2.24, 2.45) is 0 Å². The molecule has 4 rings (SSSR count). The third-order valence-electron chi connectivity index (χ3n) is 6.39. The molecule has 2 aromatic carbocycles. The van der Waals surface area contributed by atoms with Crippen LogP contribution in [-0.2, 0) is 6.54 Å². The first-order valence-electron chi connectivity index (χ1n) is 10.8. The van der Waals surface area contributed by atoms with E-state index in [1.165, 1.54) is 18.2 Å². The van der Waals surface area contributed by atoms with Crippen LogP contribution in [0.1, 0.15) is 18.4 Å². The van der Waals surface area contributed by atoms with Gasteiger partial charge in [-0.25, -0.2) is 4.39 Å². The van der Waals surface area contributed by atoms with Gasteiger partial charge in [0.15, 0.2) is 0 Å². The molecule has 0 bridgehead atoms. The second-order valence-corrected chi connectivity index (χ2v) is 8.18. The van der Waals surface area contributed by atoms with Crippen LogP contribution in [0.5, 0.6) is 11.5 Å². The molecular weight excluding hydrogens is 381 g/mol. The zero-order valence-electron chi connectivity index (χ0n) is 18.0. The van der Waals surface area contributed by atoms with Crippen LogP contribution >= 0.6 is 0 Å². The predicted molar refractivity (Wildman–Crippen MR) is 118 cm³/mol. The highest BCUT2D eigenvalue weighted by molar-refractivity contribution is 5.58. The van der Waals surface area contributed by atoms with Gasteiger partial charge >= 0.3 is 0 Å². The Bertz CT molecular complexity index is 839. The Morgan fingerprint density at radius 3 is 2.50 bits per heavy atom. The van der Waals surface area contributed by atoms with Crippen LogP contribution in [0.15, 0.2) is 42.5 Å². The summed E-state index contributed by atoms with van der Waals surface area (Å²) in [7, 11) is 3.30. The Labute approximate surface area is 179 Å². The number of halogens is 1. The van der Waals surface area contributed by atoms with E-state index in [1.807, 2.05) is 24.3 Å². The third-order valence-corrected chi connectivity index (χ3v) is 6.39. The van der Waals surface area contributed by atoms with E-state index < -0.39 is 0 Å². The van der Waals surface area contributed by atoms with Crippen LogP contribution in [0.3, 0.4) is 0 Å². The number of para-hydroxylation sites is 2. The van der Waals surface area contributed by atoms with Crippen molar-refractivity contribution < 1.29 is 13.9 Å². The van der Waals surface area contributed by atoms with Gasteiger partial charge in [-0.15, -0.1) is 0 Å². The van der Waals surface area contributed by atoms with E-state index in [2.05, 4.69) is 26.8 Å². The molecule has 0 amide bonds. The molecular formula is C24H32FN3O2. The fourth-order valence-electron chi connectivity index (χ4n) is 4.72. The van der Waals surface area contributed by atoms with Gasteiger partial charge in [0.25, 0.3) is 0 Å². The SMILES string of the molecule is COc1ccc(CN2CCCC(N3CCN(c4ccccc4OC)CC3)C2)c(F)c1. The number of hydrogen-bond donors (Lipinski definition) is 0. The van der Waals surface area contributed by atoms with Crippen LogP contribution in [0.25, 0.3) is 0 Å². The van der Waals surface area contributed by atoms with Gasteiger partial charge in [-0.3, -0.25) is 9.80 Å². The molecule has 2 saturated heterocycles. The molecule has 2 aliphatic rings. The molecule has 0 spiro atoms. The average Bonchev–Trinajstić information content (AvgIpc) is 2.80. The lowest BCUT2D eigenvalue weighted by atomic mass is 10.0. The van der Waals surface area contributed by atoms with Crippen LogP contribution in [-0.4, -0.2) is 69.3 Å². The highest BCUT2D eigenvalue weighted by Gasteiger charge is 2.29. The highest BCUT2D eigenvalue weighted by Crippen LogP contribution is 2.29. The Morgan fingerprint density at radius 1 is 0.967 bits per heavy atom. The first kappa shape index (κ1) is 20.9. The van der Waals surface area contributed by atoms with E-state index in [1.54, 1.807) is 14.2 Å². The summed E-state index contributed by atoms with van der Waals surface area (Å²) in [6.45, 7) is 6.80. The molecule has 2 aromatic rings. The summed E-state index contributed by atoms with van der Waals surface area (Å²) in [5.74, 6) is 1.33. The van der Waals surface area contributed by atoms with E-state index in [4.69, 9.17) is 9.47 Å². The first-order chi connectivity index (χ1) is 14.7. The maximum absolute atomic E-state index is 14.4. The largest absolute Gasteiger partial charge is 0.497 e. The molecule has 0 radical (unpaired) electrons. The van der Waals surface area contributed by atoms with Gasteiger partial charge in [0, 0.05) is 56.9 Å². The summed E-state index contributed by atoms with van der Waals surface area (Å²) in [5.41, 5.74) is 1.93. The molecule has 2 fully saturated rings. The quantitative estimate of drug-likeness (QED) is 0.721. The number of piperazine rings is 1. The normalized spacial score (nSPS) is 20.9. The molecule has 0 aliphatic carbocycles. The molecule has 5 nitrogen and oxygen atoms in total. The number of likely N-dealkylation sites (tertiary alicyclic amines) is 1. The van der Waals surface area contributed by atoms with Crippen molar-refractivity contribution in [2.75, 3.05) is 58.4 Å². The van der Waals surface area contributed by atoms with Crippen molar-refractivity contribution in [3.8, 4) is 11.5 Å². The van der Waals surface area contributed by atoms with Gasteiger partial charge in [-0.1, -0.05) is 18.2 Å². The minimum absolute atomic E-state index is 0.179. The zero-order chi connectivity index (χ0) is 20.9. The van der Waals surface area contributed by atoms with Crippen molar-refractivity contribution in [3.63, 3.8) is 0 Å². The van der Waals surface area contributed by atoms with Gasteiger partial charge < -0.3 is 14.4 Å². The zero-order valence-corrected chi connectivity index (χ0v) is 18.0. The Balaban J connectivity index is 1.33. The smallest absolute Gasteiger partial charge is 0.142 e. The molecule has 2 aliphatic heterocycles. The number of piperidine rings is 1. The van der Waals surface area contributed by atoms with Crippen LogP contribution in [0.4, 0.5) is 10.1 Å². The summed E-state index contributed by atoms with van der Waals surface area (Å²) < 4.78 is 25.0. The summed E-state index contributed by atoms with van der Waals surface area (Å²) in [4.78, 5) is 7.43. The number of methoxy groups -OCH3 is 2. The summed E-state index contributed by atoms with van der Waals surface area (Å²) in [6.07, 6.45) is 2.38. The van der Waals surface area contributed by atoms with Crippen molar-refractivity contribution in [1.82, 2.24) is 9.80 Å². The number of nitrogens with zero attached hydrogens (tertiary/aromatic N) is 3. The second-order valence-electron chi connectivity index (χ2n) is 8.18. The molecule has 1 unspecified atom stereocenters. The van der Waals surface area contributed by atoms with E-state index in [0.29, 0.717) is 18.3 Å². The Morgan fingerprint density at radius 2 is 1.77 bits per heavy atom. The van der Waals surface area contributed by atoms with E-state index in [9.17, 15) is 4.39 Å². The molecule has 6 heteroatoms. The lowest BCUT2D eigenvalue weighted by Gasteiger charge is -2.44. The third kappa shape index (κ3) is 4.71. The molecule has 0 saturated carbocycles. The first-order valence-corrected chi connectivity index (χ1v) is 10.8. The maximum Gasteiger partial charge on any atom is 0.142 e. The summed E-state index contributed by atoms with van der Waals surface area (Å²) in [6, 6.07) is 14.0. The number of benzene rings is 2. The Hall–Kier alpha value is -2.31. The van der Waals surface area contributed by atoms with Crippen LogP contribution in [0, 0.1) is 5.82 Å². The monoisotopic (exact) mass is 413 g/mol. The molecule has 0 N–H and O–H groups in total. The summed E-state index contributed by atoms with van der Waals surface area (Å²) >= 11 is 0. The average molecular weight is 414 g/mol. The van der Waals surface area contributed by atoms with Crippen LogP contribution in [0.2, 0.25) is 0 Å². The number of anilines is 1. The minimum atomic E-state index is -0.179. The lowest BCUT2D eigenvalue weighted by molar-refractivity contribution is 0.0881. The molecule has 0 aromatic heterocycles. The number of hydrogen-bond acceptors (Lipinski definition) is 5. The maximum atomic E-state index is 14.4. The van der Waals surface area contributed by atoms with Crippen molar-refractivity contribution >= 4 is 5.69 Å². The fraction of sp³-hybridized carbons (Fsp3) is 0.500. The standard InChI is InChI=1S/C24H32FN3O2/c1-29-21-10-9-19(22(25)16-21)17-26-11-5-6-20(18-26)27-12-14-28(15-13-27)23-7-3-4-8-24(23)30-2/h3-4,7-10,16,20H,5-6,11-15,17-18H2,1-2H3. The second kappa shape index (κ2) is 9.67. The molecule has 30 heavy (non-hydrogen) atoms. The van der Waals surface area contributed by atoms with Crippen molar-refractivity contribution in [1.29, 1.82) is 0 Å². The molecule has 1 atom stereocenters. The number of ether oxygens (including phenoxy) is 2. The van der Waals surface area contributed by atoms with Crippen LogP contribution < -0.4 is 14.4 Å². The summed E-state index contributed by atoms with van der Waals surface area (Å²) in [5, 5.41) is 0. The van der Waals surface area contributed by atoms with Crippen molar-refractivity contribution in [3.05, 3.63) is 53.8 Å². The van der Waals surface area contributed by atoms with E-state index >= 15 is 0 Å². The Kier molecular flexibility index (Phi) is 6.75. The van der Waals surface area contributed by atoms with Gasteiger partial charge in [0.05, 0.1) is 19.9 Å². The van der Waals surface area contributed by atoms with E-state index in [0.717, 1.165) is 57.0 Å². The van der Waals surface area contributed by atoms with Gasteiger partial charge in [-0.05, 0) is 37.6 Å². The minimum Gasteiger partial charge on any atom is -0.497 e. The van der Waals surface area contributed by atoms with Gasteiger partial charge in [0.1, 0.15) is 17.3 Å². The lowest BCUT2D eigenvalue weighted by Crippen LogP contribution is -2.55. The van der Waals surface area contributed by atoms with Gasteiger partial charge in [0.2, 0.25) is 0 Å². The molecule has 2 heterocycles. The highest BCUT2D eigenvalue weighted by atomic mass is 19.1. The fourth-order valence-corrected chi connectivity index (χ4v) is 4.72. The molecule has 162 valence electrons. The predicted octanol–water partition coefficient (Wildman–Crippen LogP) is 3.63. The van der Waals surface area contributed by atoms with E-state index in [-0.39, 0.29) is 5.82 Å². The number of rotatable bonds is 6. The van der Waals surface area contributed by atoms with Gasteiger partial charge in [-0.2, -0.15) is 0 Å².